The van der Waals surface area contributed by atoms with Crippen LogP contribution < -0.4 is 5.73 Å². The van der Waals surface area contributed by atoms with Crippen molar-refractivity contribution < 1.29 is 9.53 Å². The summed E-state index contributed by atoms with van der Waals surface area (Å²) < 4.78 is 5.52. The van der Waals surface area contributed by atoms with Crippen molar-refractivity contribution >= 4 is 17.2 Å². The molecule has 5 nitrogen and oxygen atoms in total. The Balaban J connectivity index is 2.67. The summed E-state index contributed by atoms with van der Waals surface area (Å²) in [7, 11) is 1.76. The van der Waals surface area contributed by atoms with Crippen molar-refractivity contribution in [3.05, 3.63) is 16.1 Å². The number of aromatic nitrogens is 1. The third-order valence-electron chi connectivity index (χ3n) is 3.31. The third-order valence-corrected chi connectivity index (χ3v) is 4.36. The lowest BCUT2D eigenvalue weighted by atomic mass is 9.86. The molecule has 1 aromatic heterocycles. The third kappa shape index (κ3) is 5.05. The molecule has 0 saturated carbocycles. The second-order valence-electron chi connectivity index (χ2n) is 6.31. The monoisotopic (exact) mass is 313 g/mol. The maximum absolute atomic E-state index is 12.3. The van der Waals surface area contributed by atoms with Gasteiger partial charge in [-0.15, -0.1) is 11.3 Å². The van der Waals surface area contributed by atoms with E-state index in [9.17, 15) is 4.79 Å². The number of hydrogen-bond donors (Lipinski definition) is 1. The number of hydrogen-bond acceptors (Lipinski definition) is 5. The van der Waals surface area contributed by atoms with Gasteiger partial charge in [-0.3, -0.25) is 4.79 Å². The molecular formula is C15H27N3O2S. The minimum Gasteiger partial charge on any atom is -0.372 e. The molecule has 2 N–H and O–H groups in total. The summed E-state index contributed by atoms with van der Waals surface area (Å²) in [5, 5.41) is 2.91. The van der Waals surface area contributed by atoms with E-state index in [-0.39, 0.29) is 17.4 Å². The summed E-state index contributed by atoms with van der Waals surface area (Å²) in [4.78, 5) is 18.5. The first-order chi connectivity index (χ1) is 9.66. The summed E-state index contributed by atoms with van der Waals surface area (Å²) in [5.41, 5.74) is 6.64. The van der Waals surface area contributed by atoms with Gasteiger partial charge in [0.05, 0.1) is 18.3 Å². The summed E-state index contributed by atoms with van der Waals surface area (Å²) in [5.74, 6) is -0.0603. The van der Waals surface area contributed by atoms with Gasteiger partial charge in [0.2, 0.25) is 5.91 Å². The molecular weight excluding hydrogens is 286 g/mol. The van der Waals surface area contributed by atoms with Crippen LogP contribution in [0.25, 0.3) is 0 Å². The van der Waals surface area contributed by atoms with Gasteiger partial charge in [-0.05, 0) is 19.3 Å². The molecule has 1 unspecified atom stereocenters. The number of thiazole rings is 1. The maximum atomic E-state index is 12.3. The fourth-order valence-electron chi connectivity index (χ4n) is 1.83. The minimum absolute atomic E-state index is 0.00779. The Hall–Kier alpha value is -0.980. The van der Waals surface area contributed by atoms with Gasteiger partial charge in [0, 0.05) is 19.0 Å². The van der Waals surface area contributed by atoms with Gasteiger partial charge >= 0.3 is 0 Å². The zero-order valence-corrected chi connectivity index (χ0v) is 14.7. The van der Waals surface area contributed by atoms with Crippen molar-refractivity contribution in [1.82, 2.24) is 9.88 Å². The van der Waals surface area contributed by atoms with Gasteiger partial charge in [0.25, 0.3) is 0 Å². The van der Waals surface area contributed by atoms with Crippen LogP contribution >= 0.6 is 11.3 Å². The Bertz CT molecular complexity index is 468. The van der Waals surface area contributed by atoms with Gasteiger partial charge in [0.15, 0.2) is 0 Å². The van der Waals surface area contributed by atoms with Crippen LogP contribution in [0.1, 0.15) is 51.4 Å². The molecule has 0 saturated heterocycles. The number of nitrogens with two attached hydrogens (primary N) is 1. The van der Waals surface area contributed by atoms with Crippen LogP contribution in [0.5, 0.6) is 0 Å². The fraction of sp³-hybridized carbons (Fsp3) is 0.733. The average Bonchev–Trinajstić information content (AvgIpc) is 2.84. The highest BCUT2D eigenvalue weighted by Crippen LogP contribution is 2.23. The highest BCUT2D eigenvalue weighted by atomic mass is 32.1. The molecule has 0 fully saturated rings. The first kappa shape index (κ1) is 18.1. The van der Waals surface area contributed by atoms with E-state index < -0.39 is 6.04 Å². The normalized spacial score (nSPS) is 14.8. The quantitative estimate of drug-likeness (QED) is 0.876. The van der Waals surface area contributed by atoms with Crippen molar-refractivity contribution in [2.75, 3.05) is 13.7 Å². The van der Waals surface area contributed by atoms with Crippen LogP contribution in [-0.2, 0) is 16.1 Å². The Morgan fingerprint density at radius 1 is 1.52 bits per heavy atom. The molecule has 6 heteroatoms. The molecule has 1 aromatic rings. The Morgan fingerprint density at radius 3 is 2.67 bits per heavy atom. The predicted octanol–water partition coefficient (Wildman–Crippen LogP) is 2.57. The lowest BCUT2D eigenvalue weighted by molar-refractivity contribution is -0.134. The molecule has 21 heavy (non-hydrogen) atoms. The van der Waals surface area contributed by atoms with Crippen LogP contribution in [0.15, 0.2) is 5.38 Å². The van der Waals surface area contributed by atoms with Crippen LogP contribution in [0.2, 0.25) is 0 Å². The summed E-state index contributed by atoms with van der Waals surface area (Å²) in [6, 6.07) is -0.511. The lowest BCUT2D eigenvalue weighted by Gasteiger charge is -2.29. The predicted molar refractivity (Wildman–Crippen MR) is 86.1 cm³/mol. The van der Waals surface area contributed by atoms with Crippen LogP contribution in [0.4, 0.5) is 0 Å². The first-order valence-corrected chi connectivity index (χ1v) is 8.11. The molecule has 1 amide bonds. The molecule has 0 radical (unpaired) electrons. The zero-order chi connectivity index (χ0) is 16.2. The van der Waals surface area contributed by atoms with Gasteiger partial charge in [-0.2, -0.15) is 0 Å². The molecule has 0 aliphatic heterocycles. The van der Waals surface area contributed by atoms with E-state index in [1.54, 1.807) is 23.3 Å². The number of carbonyl (C=O) groups excluding carboxylic acids is 1. The van der Waals surface area contributed by atoms with E-state index in [1.165, 1.54) is 0 Å². The standard InChI is InChI=1S/C15H27N3O2S/c1-7-20-10(2)13-17-11(9-21-13)8-18(6)14(19)12(16)15(3,4)5/h9-10,12H,7-8,16H2,1-6H3/t10?,12-/m1/s1. The number of likely N-dealkylation sites (N-methyl/N-ethyl adjacent to an activating group) is 1. The Morgan fingerprint density at radius 2 is 2.14 bits per heavy atom. The molecule has 0 aliphatic carbocycles. The van der Waals surface area contributed by atoms with Crippen LogP contribution in [-0.4, -0.2) is 35.5 Å². The highest BCUT2D eigenvalue weighted by molar-refractivity contribution is 7.09. The van der Waals surface area contributed by atoms with E-state index >= 15 is 0 Å². The molecule has 2 atom stereocenters. The van der Waals surface area contributed by atoms with E-state index in [2.05, 4.69) is 4.98 Å². The number of amides is 1. The molecule has 120 valence electrons. The molecule has 0 bridgehead atoms. The van der Waals surface area contributed by atoms with E-state index in [0.717, 1.165) is 10.7 Å². The number of ether oxygens (including phenoxy) is 1. The fourth-order valence-corrected chi connectivity index (χ4v) is 2.65. The second-order valence-corrected chi connectivity index (χ2v) is 7.20. The van der Waals surface area contributed by atoms with Gasteiger partial charge < -0.3 is 15.4 Å². The largest absolute Gasteiger partial charge is 0.372 e. The number of rotatable bonds is 6. The first-order valence-electron chi connectivity index (χ1n) is 7.23. The van der Waals surface area contributed by atoms with Crippen molar-refractivity contribution in [3.63, 3.8) is 0 Å². The van der Waals surface area contributed by atoms with Crippen molar-refractivity contribution in [2.24, 2.45) is 11.1 Å². The summed E-state index contributed by atoms with van der Waals surface area (Å²) >= 11 is 1.56. The molecule has 0 aromatic carbocycles. The van der Waals surface area contributed by atoms with E-state index in [1.807, 2.05) is 40.0 Å². The molecule has 0 spiro atoms. The second kappa shape index (κ2) is 7.33. The Labute approximate surface area is 131 Å². The minimum atomic E-state index is -0.511. The van der Waals surface area contributed by atoms with Gasteiger partial charge in [-0.1, -0.05) is 20.8 Å². The SMILES string of the molecule is CCOC(C)c1nc(CN(C)C(=O)[C@@H](N)C(C)(C)C)cs1. The smallest absolute Gasteiger partial charge is 0.240 e. The lowest BCUT2D eigenvalue weighted by Crippen LogP contribution is -2.48. The van der Waals surface area contributed by atoms with Crippen molar-refractivity contribution in [1.29, 1.82) is 0 Å². The molecule has 1 rings (SSSR count). The molecule has 0 aliphatic rings. The topological polar surface area (TPSA) is 68.5 Å². The van der Waals surface area contributed by atoms with Gasteiger partial charge in [-0.25, -0.2) is 4.98 Å². The maximum Gasteiger partial charge on any atom is 0.240 e. The van der Waals surface area contributed by atoms with Crippen molar-refractivity contribution in [3.8, 4) is 0 Å². The van der Waals surface area contributed by atoms with E-state index in [4.69, 9.17) is 10.5 Å². The zero-order valence-electron chi connectivity index (χ0n) is 13.8. The Kier molecular flexibility index (Phi) is 6.31. The number of nitrogens with zero attached hydrogens (tertiary/aromatic N) is 2. The summed E-state index contributed by atoms with van der Waals surface area (Å²) in [6.07, 6.45) is -0.00779. The van der Waals surface area contributed by atoms with Crippen molar-refractivity contribution in [2.45, 2.75) is 53.3 Å². The highest BCUT2D eigenvalue weighted by Gasteiger charge is 2.29. The van der Waals surface area contributed by atoms with Crippen LogP contribution in [0.3, 0.4) is 0 Å². The summed E-state index contributed by atoms with van der Waals surface area (Å²) in [6.45, 7) is 11.0. The molecule has 1 heterocycles. The average molecular weight is 313 g/mol. The van der Waals surface area contributed by atoms with Crippen LogP contribution in [0, 0.1) is 5.41 Å². The number of carbonyl (C=O) groups is 1. The van der Waals surface area contributed by atoms with E-state index in [0.29, 0.717) is 13.2 Å². The van der Waals surface area contributed by atoms with Gasteiger partial charge in [0.1, 0.15) is 11.1 Å².